The van der Waals surface area contributed by atoms with Crippen LogP contribution in [0.15, 0.2) is 48.5 Å². The molecule has 1 aliphatic heterocycles. The largest absolute Gasteiger partial charge is 0.489 e. The maximum atomic E-state index is 12.7. The van der Waals surface area contributed by atoms with Crippen LogP contribution in [0.2, 0.25) is 5.02 Å². The number of ether oxygens (including phenoxy) is 2. The molecule has 0 saturated carbocycles. The van der Waals surface area contributed by atoms with Crippen molar-refractivity contribution in [2.75, 3.05) is 26.0 Å². The molecule has 27 heavy (non-hydrogen) atoms. The van der Waals surface area contributed by atoms with E-state index < -0.39 is 0 Å². The lowest BCUT2D eigenvalue weighted by molar-refractivity contribution is -0.140. The van der Waals surface area contributed by atoms with Crippen LogP contribution < -0.4 is 4.74 Å². The van der Waals surface area contributed by atoms with Crippen molar-refractivity contribution < 1.29 is 19.1 Å². The molecule has 1 atom stereocenters. The van der Waals surface area contributed by atoms with Gasteiger partial charge in [-0.2, -0.15) is 0 Å². The highest BCUT2D eigenvalue weighted by molar-refractivity contribution is 8.00. The molecule has 2 aromatic carbocycles. The molecule has 7 heteroatoms. The van der Waals surface area contributed by atoms with Crippen molar-refractivity contribution in [2.45, 2.75) is 11.9 Å². The first-order valence-corrected chi connectivity index (χ1v) is 9.95. The van der Waals surface area contributed by atoms with Gasteiger partial charge in [0.2, 0.25) is 0 Å². The lowest BCUT2D eigenvalue weighted by Crippen LogP contribution is -2.44. The van der Waals surface area contributed by atoms with Crippen LogP contribution in [0.1, 0.15) is 15.9 Å². The van der Waals surface area contributed by atoms with Crippen LogP contribution in [0.4, 0.5) is 0 Å². The average molecular weight is 406 g/mol. The van der Waals surface area contributed by atoms with Crippen LogP contribution in [0, 0.1) is 0 Å². The summed E-state index contributed by atoms with van der Waals surface area (Å²) in [5.74, 6) is 1.10. The third-order valence-electron chi connectivity index (χ3n) is 4.24. The minimum atomic E-state index is -0.320. The van der Waals surface area contributed by atoms with Crippen LogP contribution in [0.5, 0.6) is 5.75 Å². The Labute approximate surface area is 167 Å². The van der Waals surface area contributed by atoms with E-state index in [0.29, 0.717) is 30.3 Å². The molecule has 1 saturated heterocycles. The van der Waals surface area contributed by atoms with Crippen molar-refractivity contribution >= 4 is 35.2 Å². The highest BCUT2D eigenvalue weighted by Gasteiger charge is 2.30. The molecule has 0 aromatic heterocycles. The predicted molar refractivity (Wildman–Crippen MR) is 106 cm³/mol. The van der Waals surface area contributed by atoms with Gasteiger partial charge in [0.15, 0.2) is 0 Å². The fourth-order valence-corrected chi connectivity index (χ4v) is 3.99. The lowest BCUT2D eigenvalue weighted by atomic mass is 10.1. The zero-order valence-electron chi connectivity index (χ0n) is 14.9. The average Bonchev–Trinajstić information content (AvgIpc) is 2.72. The van der Waals surface area contributed by atoms with Gasteiger partial charge in [-0.15, -0.1) is 11.8 Å². The topological polar surface area (TPSA) is 55.8 Å². The number of amides is 1. The fourth-order valence-electron chi connectivity index (χ4n) is 2.73. The first kappa shape index (κ1) is 19.6. The number of hydrogen-bond acceptors (Lipinski definition) is 5. The van der Waals surface area contributed by atoms with Gasteiger partial charge in [-0.3, -0.25) is 9.59 Å². The van der Waals surface area contributed by atoms with Crippen LogP contribution in [-0.2, 0) is 16.1 Å². The van der Waals surface area contributed by atoms with Gasteiger partial charge in [-0.25, -0.2) is 0 Å². The van der Waals surface area contributed by atoms with Crippen molar-refractivity contribution in [3.63, 3.8) is 0 Å². The molecule has 0 N–H and O–H groups in total. The van der Waals surface area contributed by atoms with Gasteiger partial charge in [0.25, 0.3) is 5.91 Å². The Hall–Kier alpha value is -2.18. The quantitative estimate of drug-likeness (QED) is 0.711. The summed E-state index contributed by atoms with van der Waals surface area (Å²) in [5.41, 5.74) is 1.56. The van der Waals surface area contributed by atoms with Crippen molar-refractivity contribution in [2.24, 2.45) is 0 Å². The molecular weight excluding hydrogens is 386 g/mol. The van der Waals surface area contributed by atoms with Gasteiger partial charge < -0.3 is 14.4 Å². The summed E-state index contributed by atoms with van der Waals surface area (Å²) in [4.78, 5) is 26.1. The summed E-state index contributed by atoms with van der Waals surface area (Å²) >= 11 is 7.38. The van der Waals surface area contributed by atoms with Gasteiger partial charge in [0.1, 0.15) is 17.6 Å². The molecule has 5 nitrogen and oxygen atoms in total. The van der Waals surface area contributed by atoms with Gasteiger partial charge in [-0.05, 0) is 42.0 Å². The number of carbonyl (C=O) groups excluding carboxylic acids is 2. The maximum Gasteiger partial charge on any atom is 0.320 e. The number of carbonyl (C=O) groups is 2. The third kappa shape index (κ3) is 5.17. The van der Waals surface area contributed by atoms with Crippen LogP contribution >= 0.6 is 23.4 Å². The van der Waals surface area contributed by atoms with Crippen LogP contribution in [0.25, 0.3) is 0 Å². The standard InChI is InChI=1S/C20H20ClNO4S/c1-25-20(24)18-12-22(10-11-27-18)19(23)15-4-2-14(3-5-15)13-26-17-8-6-16(21)7-9-17/h2-9,18H,10-13H2,1H3/t18-/m1/s1. The molecule has 2 aromatic rings. The molecule has 1 heterocycles. The first-order valence-electron chi connectivity index (χ1n) is 8.53. The van der Waals surface area contributed by atoms with E-state index in [0.717, 1.165) is 17.1 Å². The van der Waals surface area contributed by atoms with Crippen molar-refractivity contribution in [1.82, 2.24) is 4.90 Å². The maximum absolute atomic E-state index is 12.7. The van der Waals surface area contributed by atoms with Crippen molar-refractivity contribution in [1.29, 1.82) is 0 Å². The molecule has 1 aliphatic rings. The Balaban J connectivity index is 1.58. The Morgan fingerprint density at radius 3 is 2.52 bits per heavy atom. The van der Waals surface area contributed by atoms with E-state index in [1.165, 1.54) is 18.9 Å². The fraction of sp³-hybridized carbons (Fsp3) is 0.300. The molecule has 3 rings (SSSR count). The first-order chi connectivity index (χ1) is 13.1. The number of benzene rings is 2. The number of thioether (sulfide) groups is 1. The normalized spacial score (nSPS) is 16.7. The van der Waals surface area contributed by atoms with E-state index in [9.17, 15) is 9.59 Å². The molecule has 0 radical (unpaired) electrons. The number of halogens is 1. The molecular formula is C20H20ClNO4S. The predicted octanol–water partition coefficient (Wildman–Crippen LogP) is 3.65. The van der Waals surface area contributed by atoms with Gasteiger partial charge >= 0.3 is 5.97 Å². The molecule has 1 amide bonds. The number of rotatable bonds is 5. The molecule has 142 valence electrons. The van der Waals surface area contributed by atoms with Gasteiger partial charge in [-0.1, -0.05) is 23.7 Å². The number of esters is 1. The highest BCUT2D eigenvalue weighted by atomic mass is 35.5. The number of hydrogen-bond donors (Lipinski definition) is 0. The molecule has 0 bridgehead atoms. The number of nitrogens with zero attached hydrogens (tertiary/aromatic N) is 1. The zero-order valence-corrected chi connectivity index (χ0v) is 16.5. The van der Waals surface area contributed by atoms with E-state index >= 15 is 0 Å². The summed E-state index contributed by atoms with van der Waals surface area (Å²) in [7, 11) is 1.37. The van der Waals surface area contributed by atoms with Crippen LogP contribution in [-0.4, -0.2) is 48.0 Å². The lowest BCUT2D eigenvalue weighted by Gasteiger charge is -2.31. The van der Waals surface area contributed by atoms with Gasteiger partial charge in [0, 0.05) is 29.4 Å². The number of methoxy groups -OCH3 is 1. The Morgan fingerprint density at radius 2 is 1.85 bits per heavy atom. The van der Waals surface area contributed by atoms with Crippen LogP contribution in [0.3, 0.4) is 0 Å². The van der Waals surface area contributed by atoms with E-state index in [2.05, 4.69) is 0 Å². The Morgan fingerprint density at radius 1 is 1.15 bits per heavy atom. The summed E-state index contributed by atoms with van der Waals surface area (Å²) in [6, 6.07) is 14.5. The second-order valence-electron chi connectivity index (χ2n) is 6.07. The molecule has 0 unspecified atom stereocenters. The van der Waals surface area contributed by atoms with E-state index in [1.807, 2.05) is 24.3 Å². The molecule has 0 aliphatic carbocycles. The van der Waals surface area contributed by atoms with E-state index in [4.69, 9.17) is 21.1 Å². The summed E-state index contributed by atoms with van der Waals surface area (Å²) in [6.07, 6.45) is 0. The van der Waals surface area contributed by atoms with E-state index in [-0.39, 0.29) is 17.1 Å². The van der Waals surface area contributed by atoms with Crippen molar-refractivity contribution in [3.8, 4) is 5.75 Å². The van der Waals surface area contributed by atoms with Gasteiger partial charge in [0.05, 0.1) is 7.11 Å². The highest BCUT2D eigenvalue weighted by Crippen LogP contribution is 2.22. The summed E-state index contributed by atoms with van der Waals surface area (Å²) < 4.78 is 10.5. The summed E-state index contributed by atoms with van der Waals surface area (Å²) in [5, 5.41) is 0.343. The molecule has 1 fully saturated rings. The van der Waals surface area contributed by atoms with E-state index in [1.54, 1.807) is 29.2 Å². The minimum absolute atomic E-state index is 0.0747. The smallest absolute Gasteiger partial charge is 0.320 e. The second-order valence-corrected chi connectivity index (χ2v) is 7.82. The minimum Gasteiger partial charge on any atom is -0.489 e. The zero-order chi connectivity index (χ0) is 19.2. The summed E-state index contributed by atoms with van der Waals surface area (Å²) in [6.45, 7) is 1.40. The second kappa shape index (κ2) is 9.15. The van der Waals surface area contributed by atoms with Crippen molar-refractivity contribution in [3.05, 3.63) is 64.7 Å². The third-order valence-corrected chi connectivity index (χ3v) is 5.65. The molecule has 0 spiro atoms. The Bertz CT molecular complexity index is 795. The Kier molecular flexibility index (Phi) is 6.63. The monoisotopic (exact) mass is 405 g/mol. The SMILES string of the molecule is COC(=O)[C@H]1CN(C(=O)c2ccc(COc3ccc(Cl)cc3)cc2)CCS1.